The highest BCUT2D eigenvalue weighted by atomic mass is 35.5. The molecule has 0 saturated carbocycles. The van der Waals surface area contributed by atoms with Crippen molar-refractivity contribution in [3.63, 3.8) is 0 Å². The molecule has 1 atom stereocenters. The molecule has 1 unspecified atom stereocenters. The maximum atomic E-state index is 13.4. The molecule has 2 heterocycles. The quantitative estimate of drug-likeness (QED) is 0.167. The van der Waals surface area contributed by atoms with Gasteiger partial charge in [-0.15, -0.1) is 0 Å². The number of amides is 1. The van der Waals surface area contributed by atoms with Gasteiger partial charge in [0.25, 0.3) is 5.78 Å². The number of aliphatic hydroxyl groups is 1. The second kappa shape index (κ2) is 9.04. The van der Waals surface area contributed by atoms with Gasteiger partial charge in [-0.2, -0.15) is 0 Å². The Morgan fingerprint density at radius 1 is 0.944 bits per heavy atom. The zero-order chi connectivity index (χ0) is 25.8. The third kappa shape index (κ3) is 4.30. The summed E-state index contributed by atoms with van der Waals surface area (Å²) in [5.74, 6) is -1.79. The fourth-order valence-electron chi connectivity index (χ4n) is 4.26. The number of carbonyl (C=O) groups excluding carboxylic acids is 2. The lowest BCUT2D eigenvalue weighted by atomic mass is 9.85. The van der Waals surface area contributed by atoms with Crippen LogP contribution in [0.15, 0.2) is 72.3 Å². The van der Waals surface area contributed by atoms with Gasteiger partial charge in [0.1, 0.15) is 5.76 Å². The summed E-state index contributed by atoms with van der Waals surface area (Å²) in [6, 6.07) is 18.6. The van der Waals surface area contributed by atoms with E-state index in [1.807, 2.05) is 24.3 Å². The smallest absolute Gasteiger partial charge is 0.301 e. The Hall–Kier alpha value is -3.19. The van der Waals surface area contributed by atoms with Crippen LogP contribution in [0.3, 0.4) is 0 Å². The third-order valence-electron chi connectivity index (χ3n) is 6.20. The fraction of sp³-hybridized carbons (Fsp3) is 0.179. The molecule has 36 heavy (non-hydrogen) atoms. The molecule has 3 aromatic carbocycles. The van der Waals surface area contributed by atoms with Crippen molar-refractivity contribution < 1.29 is 14.7 Å². The predicted octanol–water partition coefficient (Wildman–Crippen LogP) is 7.53. The molecule has 1 aliphatic heterocycles. The van der Waals surface area contributed by atoms with Gasteiger partial charge in [0.05, 0.1) is 21.8 Å². The number of nitrogens with zero attached hydrogens (tertiary/aromatic N) is 2. The molecule has 8 heteroatoms. The van der Waals surface area contributed by atoms with Gasteiger partial charge in [0.15, 0.2) is 5.13 Å². The first-order valence-corrected chi connectivity index (χ1v) is 12.9. The highest BCUT2D eigenvalue weighted by Gasteiger charge is 2.48. The normalized spacial score (nSPS) is 17.8. The van der Waals surface area contributed by atoms with Crippen LogP contribution < -0.4 is 4.90 Å². The highest BCUT2D eigenvalue weighted by Crippen LogP contribution is 2.45. The van der Waals surface area contributed by atoms with Crippen molar-refractivity contribution in [2.75, 3.05) is 4.90 Å². The van der Waals surface area contributed by atoms with E-state index in [1.165, 1.54) is 16.2 Å². The first kappa shape index (κ1) is 24.5. The van der Waals surface area contributed by atoms with Gasteiger partial charge in [-0.05, 0) is 59.0 Å². The Morgan fingerprint density at radius 2 is 1.58 bits per heavy atom. The first-order chi connectivity index (χ1) is 17.0. The van der Waals surface area contributed by atoms with Gasteiger partial charge in [-0.3, -0.25) is 14.5 Å². The Kier molecular flexibility index (Phi) is 6.15. The van der Waals surface area contributed by atoms with Crippen molar-refractivity contribution in [2.24, 2.45) is 0 Å². The van der Waals surface area contributed by atoms with Crippen molar-refractivity contribution in [1.29, 1.82) is 0 Å². The van der Waals surface area contributed by atoms with Crippen LogP contribution in [0.1, 0.15) is 43.5 Å². The van der Waals surface area contributed by atoms with E-state index in [0.717, 1.165) is 10.3 Å². The van der Waals surface area contributed by atoms with E-state index in [1.54, 1.807) is 42.5 Å². The molecule has 0 radical (unpaired) electrons. The predicted molar refractivity (Wildman–Crippen MR) is 146 cm³/mol. The zero-order valence-electron chi connectivity index (χ0n) is 19.8. The number of anilines is 1. The van der Waals surface area contributed by atoms with Crippen molar-refractivity contribution in [3.8, 4) is 0 Å². The minimum Gasteiger partial charge on any atom is -0.507 e. The first-order valence-electron chi connectivity index (χ1n) is 11.3. The van der Waals surface area contributed by atoms with E-state index in [4.69, 9.17) is 23.2 Å². The summed E-state index contributed by atoms with van der Waals surface area (Å²) in [5, 5.41) is 12.7. The summed E-state index contributed by atoms with van der Waals surface area (Å²) in [7, 11) is 0. The maximum Gasteiger partial charge on any atom is 0.301 e. The number of benzene rings is 3. The number of aliphatic hydroxyl groups excluding tert-OH is 1. The molecule has 182 valence electrons. The van der Waals surface area contributed by atoms with Gasteiger partial charge >= 0.3 is 5.91 Å². The average Bonchev–Trinajstić information content (AvgIpc) is 3.36. The molecular weight excluding hydrogens is 515 g/mol. The van der Waals surface area contributed by atoms with Crippen molar-refractivity contribution in [2.45, 2.75) is 32.2 Å². The van der Waals surface area contributed by atoms with E-state index in [9.17, 15) is 14.7 Å². The van der Waals surface area contributed by atoms with Crippen LogP contribution in [0.2, 0.25) is 10.0 Å². The van der Waals surface area contributed by atoms with Crippen LogP contribution >= 0.6 is 34.5 Å². The number of Topliss-reactive ketones (excluding diaryl/α,β-unsaturated/α-hetero) is 1. The van der Waals surface area contributed by atoms with Crippen LogP contribution in [-0.2, 0) is 15.0 Å². The largest absolute Gasteiger partial charge is 0.507 e. The Morgan fingerprint density at radius 3 is 2.22 bits per heavy atom. The summed E-state index contributed by atoms with van der Waals surface area (Å²) in [6.07, 6.45) is 0. The molecule has 1 amide bonds. The number of ketones is 1. The van der Waals surface area contributed by atoms with Crippen LogP contribution in [0, 0.1) is 0 Å². The Labute approximate surface area is 222 Å². The third-order valence-corrected chi connectivity index (χ3v) is 7.70. The molecule has 1 aromatic heterocycles. The number of carbonyl (C=O) groups is 2. The highest BCUT2D eigenvalue weighted by molar-refractivity contribution is 7.22. The zero-order valence-corrected chi connectivity index (χ0v) is 22.1. The Balaban J connectivity index is 1.71. The van der Waals surface area contributed by atoms with E-state index >= 15 is 0 Å². The summed E-state index contributed by atoms with van der Waals surface area (Å²) in [6.45, 7) is 6.34. The number of aromatic nitrogens is 1. The molecule has 4 aromatic rings. The fourth-order valence-corrected chi connectivity index (χ4v) is 5.66. The van der Waals surface area contributed by atoms with E-state index < -0.39 is 17.7 Å². The molecule has 0 aliphatic carbocycles. The van der Waals surface area contributed by atoms with Gasteiger partial charge < -0.3 is 5.11 Å². The van der Waals surface area contributed by atoms with Gasteiger partial charge in [-0.1, -0.05) is 79.6 Å². The van der Waals surface area contributed by atoms with Crippen LogP contribution in [-0.4, -0.2) is 21.8 Å². The minimum absolute atomic E-state index is 0.00289. The molecule has 1 N–H and O–H groups in total. The number of halogens is 2. The number of fused-ring (bicyclic) bond motifs is 1. The second-order valence-corrected chi connectivity index (χ2v) is 11.5. The number of thiazole rings is 1. The Bertz CT molecular complexity index is 1530. The van der Waals surface area contributed by atoms with Crippen molar-refractivity contribution in [3.05, 3.63) is 99.0 Å². The molecule has 1 fully saturated rings. The van der Waals surface area contributed by atoms with Gasteiger partial charge in [0.2, 0.25) is 0 Å². The molecule has 0 bridgehead atoms. The van der Waals surface area contributed by atoms with Crippen LogP contribution in [0.5, 0.6) is 0 Å². The number of rotatable bonds is 3. The lowest BCUT2D eigenvalue weighted by molar-refractivity contribution is -0.132. The number of hydrogen-bond acceptors (Lipinski definition) is 5. The van der Waals surface area contributed by atoms with E-state index in [2.05, 4.69) is 25.8 Å². The molecule has 0 spiro atoms. The summed E-state index contributed by atoms with van der Waals surface area (Å²) < 4.78 is 0.791. The molecular formula is C28H22Cl2N2O3S. The molecule has 1 saturated heterocycles. The second-order valence-electron chi connectivity index (χ2n) is 9.66. The summed E-state index contributed by atoms with van der Waals surface area (Å²) in [5.41, 5.74) is 2.79. The van der Waals surface area contributed by atoms with Gasteiger partial charge in [0, 0.05) is 15.6 Å². The van der Waals surface area contributed by atoms with Crippen molar-refractivity contribution >= 4 is 67.3 Å². The molecule has 1 aliphatic rings. The van der Waals surface area contributed by atoms with E-state index in [-0.39, 0.29) is 16.7 Å². The average molecular weight is 537 g/mol. The molecule has 5 rings (SSSR count). The topological polar surface area (TPSA) is 70.5 Å². The standard InChI is InChI=1S/C28H22Cl2N2O3S/c1-28(2,3)17-8-4-15(5-9-17)23-22(24(33)16-6-10-18(29)11-7-16)25(34)26(35)32(23)27-31-20-13-12-19(30)14-21(20)36-27/h4-14,23,33H,1-3H3/b24-22+. The number of hydrogen-bond donors (Lipinski definition) is 1. The summed E-state index contributed by atoms with van der Waals surface area (Å²) in [4.78, 5) is 32.8. The van der Waals surface area contributed by atoms with E-state index in [0.29, 0.717) is 31.8 Å². The van der Waals surface area contributed by atoms with Gasteiger partial charge in [-0.25, -0.2) is 4.98 Å². The molecule has 5 nitrogen and oxygen atoms in total. The monoisotopic (exact) mass is 536 g/mol. The lowest BCUT2D eigenvalue weighted by Gasteiger charge is -2.24. The summed E-state index contributed by atoms with van der Waals surface area (Å²) >= 11 is 13.4. The van der Waals surface area contributed by atoms with Crippen LogP contribution in [0.25, 0.3) is 16.0 Å². The lowest BCUT2D eigenvalue weighted by Crippen LogP contribution is -2.29. The minimum atomic E-state index is -0.856. The van der Waals surface area contributed by atoms with Crippen LogP contribution in [0.4, 0.5) is 5.13 Å². The van der Waals surface area contributed by atoms with Crippen molar-refractivity contribution in [1.82, 2.24) is 4.98 Å². The SMILES string of the molecule is CC(C)(C)c1ccc(C2/C(=C(\O)c3ccc(Cl)cc3)C(=O)C(=O)N2c2nc3ccc(Cl)cc3s2)cc1. The maximum absolute atomic E-state index is 13.4.